The molecule has 1 fully saturated rings. The maximum atomic E-state index is 12.8. The van der Waals surface area contributed by atoms with Crippen LogP contribution in [0.1, 0.15) is 40.5 Å². The monoisotopic (exact) mass is 442 g/mol. The predicted molar refractivity (Wildman–Crippen MR) is 122 cm³/mol. The summed E-state index contributed by atoms with van der Waals surface area (Å²) in [6.45, 7) is 8.80. The van der Waals surface area contributed by atoms with Gasteiger partial charge in [0.05, 0.1) is 18.7 Å². The van der Waals surface area contributed by atoms with Crippen LogP contribution in [-0.2, 0) is 16.6 Å². The molecule has 0 spiro atoms. The topological polar surface area (TPSA) is 85.7 Å². The van der Waals surface area contributed by atoms with E-state index in [1.165, 1.54) is 0 Å². The first-order valence-corrected chi connectivity index (χ1v) is 11.1. The Hall–Kier alpha value is -3.03. The highest BCUT2D eigenvalue weighted by Gasteiger charge is 2.37. The number of hydrogen-bond donors (Lipinski definition) is 1. The minimum atomic E-state index is -0.558. The van der Waals surface area contributed by atoms with Crippen molar-refractivity contribution in [2.75, 3.05) is 19.7 Å². The Morgan fingerprint density at radius 1 is 1.25 bits per heavy atom. The Balaban J connectivity index is 1.48. The van der Waals surface area contributed by atoms with E-state index in [-0.39, 0.29) is 24.0 Å². The molecule has 3 rings (SSSR count). The number of likely N-dealkylation sites (tertiary alicyclic amines) is 1. The molecule has 1 N–H and O–H groups in total. The van der Waals surface area contributed by atoms with Crippen LogP contribution in [0.3, 0.4) is 0 Å². The van der Waals surface area contributed by atoms with Crippen LogP contribution in [0.25, 0.3) is 11.1 Å². The van der Waals surface area contributed by atoms with Crippen molar-refractivity contribution < 1.29 is 19.1 Å². The second-order valence-electron chi connectivity index (χ2n) is 9.23. The molecule has 32 heavy (non-hydrogen) atoms. The third kappa shape index (κ3) is 6.24. The highest BCUT2D eigenvalue weighted by atomic mass is 16.6. The lowest BCUT2D eigenvalue weighted by atomic mass is 9.89. The molecule has 174 valence electrons. The van der Waals surface area contributed by atoms with Crippen LogP contribution in [0.4, 0.5) is 4.79 Å². The SMILES string of the molecule is C[C@H]1[C@@H](C(=O)NCCOc2cccc(-c3cnn(C)c3)c2)CCCN1C(=O)OC(C)(C)C. The lowest BCUT2D eigenvalue weighted by molar-refractivity contribution is -0.128. The molecule has 2 atom stereocenters. The Bertz CT molecular complexity index is 934. The van der Waals surface area contributed by atoms with Crippen molar-refractivity contribution in [1.29, 1.82) is 0 Å². The van der Waals surface area contributed by atoms with E-state index in [2.05, 4.69) is 10.4 Å². The van der Waals surface area contributed by atoms with E-state index < -0.39 is 5.60 Å². The Morgan fingerprint density at radius 3 is 2.72 bits per heavy atom. The summed E-state index contributed by atoms with van der Waals surface area (Å²) in [6, 6.07) is 7.58. The van der Waals surface area contributed by atoms with Gasteiger partial charge in [0.2, 0.25) is 5.91 Å². The van der Waals surface area contributed by atoms with Gasteiger partial charge >= 0.3 is 6.09 Å². The standard InChI is InChI=1S/C24H34N4O4/c1-17-21(10-7-12-28(17)23(30)32-24(2,3)4)22(29)25-11-13-31-20-9-6-8-18(14-20)19-15-26-27(5)16-19/h6,8-9,14-17,21H,7,10-13H2,1-5H3,(H,25,29)/t17-,21-/m0/s1. The molecule has 1 saturated heterocycles. The summed E-state index contributed by atoms with van der Waals surface area (Å²) in [5, 5.41) is 7.15. The van der Waals surface area contributed by atoms with Crippen LogP contribution in [-0.4, -0.2) is 58.0 Å². The molecule has 1 aromatic carbocycles. The quantitative estimate of drug-likeness (QED) is 0.691. The van der Waals surface area contributed by atoms with Gasteiger partial charge in [-0.15, -0.1) is 0 Å². The third-order valence-electron chi connectivity index (χ3n) is 5.50. The number of ether oxygens (including phenoxy) is 2. The normalized spacial score (nSPS) is 18.8. The summed E-state index contributed by atoms with van der Waals surface area (Å²) in [4.78, 5) is 26.9. The van der Waals surface area contributed by atoms with Crippen LogP contribution >= 0.6 is 0 Å². The van der Waals surface area contributed by atoms with Crippen molar-refractivity contribution in [2.24, 2.45) is 13.0 Å². The fraction of sp³-hybridized carbons (Fsp3) is 0.542. The maximum Gasteiger partial charge on any atom is 0.410 e. The van der Waals surface area contributed by atoms with Gasteiger partial charge in [-0.1, -0.05) is 12.1 Å². The molecule has 0 aliphatic carbocycles. The number of hydrogen-bond acceptors (Lipinski definition) is 5. The summed E-state index contributed by atoms with van der Waals surface area (Å²) in [7, 11) is 1.88. The highest BCUT2D eigenvalue weighted by molar-refractivity contribution is 5.80. The molecular weight excluding hydrogens is 408 g/mol. The summed E-state index contributed by atoms with van der Waals surface area (Å²) >= 11 is 0. The molecule has 1 aliphatic heterocycles. The Morgan fingerprint density at radius 2 is 2.03 bits per heavy atom. The lowest BCUT2D eigenvalue weighted by Gasteiger charge is -2.39. The average Bonchev–Trinajstić information content (AvgIpc) is 3.16. The molecule has 8 nitrogen and oxygen atoms in total. The van der Waals surface area contributed by atoms with Crippen LogP contribution in [0, 0.1) is 5.92 Å². The number of carbonyl (C=O) groups is 2. The number of aryl methyl sites for hydroxylation is 1. The van der Waals surface area contributed by atoms with Crippen LogP contribution < -0.4 is 10.1 Å². The fourth-order valence-corrected chi connectivity index (χ4v) is 3.88. The maximum absolute atomic E-state index is 12.8. The van der Waals surface area contributed by atoms with Gasteiger partial charge in [0.25, 0.3) is 0 Å². The van der Waals surface area contributed by atoms with Gasteiger partial charge in [-0.2, -0.15) is 5.10 Å². The van der Waals surface area contributed by atoms with E-state index in [0.29, 0.717) is 19.7 Å². The summed E-state index contributed by atoms with van der Waals surface area (Å²) in [6.07, 6.45) is 4.93. The number of benzene rings is 1. The fourth-order valence-electron chi connectivity index (χ4n) is 3.88. The van der Waals surface area contributed by atoms with Crippen LogP contribution in [0.5, 0.6) is 5.75 Å². The molecule has 2 aromatic rings. The summed E-state index contributed by atoms with van der Waals surface area (Å²) in [5.74, 6) is 0.423. The van der Waals surface area contributed by atoms with E-state index in [1.54, 1.807) is 9.58 Å². The lowest BCUT2D eigenvalue weighted by Crippen LogP contribution is -2.52. The van der Waals surface area contributed by atoms with E-state index in [1.807, 2.05) is 71.4 Å². The van der Waals surface area contributed by atoms with Gasteiger partial charge in [0.1, 0.15) is 18.0 Å². The number of piperidine rings is 1. The first kappa shape index (κ1) is 23.6. The van der Waals surface area contributed by atoms with Crippen molar-refractivity contribution in [1.82, 2.24) is 20.0 Å². The second-order valence-corrected chi connectivity index (χ2v) is 9.23. The molecule has 8 heteroatoms. The van der Waals surface area contributed by atoms with Crippen LogP contribution in [0.2, 0.25) is 0 Å². The molecule has 0 saturated carbocycles. The zero-order valence-corrected chi connectivity index (χ0v) is 19.6. The molecule has 0 radical (unpaired) electrons. The zero-order valence-electron chi connectivity index (χ0n) is 19.6. The number of rotatable bonds is 6. The minimum Gasteiger partial charge on any atom is -0.492 e. The average molecular weight is 443 g/mol. The third-order valence-corrected chi connectivity index (χ3v) is 5.50. The number of nitrogens with one attached hydrogen (secondary N) is 1. The summed E-state index contributed by atoms with van der Waals surface area (Å²) < 4.78 is 13.1. The molecule has 2 amide bonds. The van der Waals surface area contributed by atoms with E-state index >= 15 is 0 Å². The molecule has 0 bridgehead atoms. The van der Waals surface area contributed by atoms with E-state index in [9.17, 15) is 9.59 Å². The summed E-state index contributed by atoms with van der Waals surface area (Å²) in [5.41, 5.74) is 1.49. The van der Waals surface area contributed by atoms with Crippen molar-refractivity contribution in [3.8, 4) is 16.9 Å². The molecule has 1 aliphatic rings. The second kappa shape index (κ2) is 10.1. The molecule has 1 aromatic heterocycles. The van der Waals surface area contributed by atoms with Gasteiger partial charge < -0.3 is 19.7 Å². The number of nitrogens with zero attached hydrogens (tertiary/aromatic N) is 3. The smallest absolute Gasteiger partial charge is 0.410 e. The largest absolute Gasteiger partial charge is 0.492 e. The Kier molecular flexibility index (Phi) is 7.43. The minimum absolute atomic E-state index is 0.0570. The van der Waals surface area contributed by atoms with Crippen LogP contribution in [0.15, 0.2) is 36.7 Å². The number of carbonyl (C=O) groups excluding carboxylic acids is 2. The Labute approximate surface area is 189 Å². The number of aromatic nitrogens is 2. The predicted octanol–water partition coefficient (Wildman–Crippen LogP) is 3.62. The van der Waals surface area contributed by atoms with Crippen molar-refractivity contribution >= 4 is 12.0 Å². The van der Waals surface area contributed by atoms with E-state index in [4.69, 9.17) is 9.47 Å². The first-order chi connectivity index (χ1) is 15.1. The molecule has 2 heterocycles. The van der Waals surface area contributed by atoms with E-state index in [0.717, 1.165) is 29.7 Å². The first-order valence-electron chi connectivity index (χ1n) is 11.1. The van der Waals surface area contributed by atoms with Gasteiger partial charge in [0, 0.05) is 31.4 Å². The number of amides is 2. The van der Waals surface area contributed by atoms with Gasteiger partial charge in [-0.05, 0) is 58.2 Å². The zero-order chi connectivity index (χ0) is 23.3. The van der Waals surface area contributed by atoms with Gasteiger partial charge in [0.15, 0.2) is 0 Å². The van der Waals surface area contributed by atoms with Crippen molar-refractivity contribution in [2.45, 2.75) is 52.2 Å². The molecular formula is C24H34N4O4. The highest BCUT2D eigenvalue weighted by Crippen LogP contribution is 2.26. The molecule has 0 unspecified atom stereocenters. The van der Waals surface area contributed by atoms with Gasteiger partial charge in [-0.25, -0.2) is 4.79 Å². The van der Waals surface area contributed by atoms with Crippen molar-refractivity contribution in [3.05, 3.63) is 36.7 Å². The van der Waals surface area contributed by atoms with Crippen molar-refractivity contribution in [3.63, 3.8) is 0 Å². The van der Waals surface area contributed by atoms with Gasteiger partial charge in [-0.3, -0.25) is 9.48 Å².